The van der Waals surface area contributed by atoms with Crippen LogP contribution in [0, 0.1) is 13.8 Å². The van der Waals surface area contributed by atoms with Crippen molar-refractivity contribution >= 4 is 63.1 Å². The lowest BCUT2D eigenvalue weighted by Crippen LogP contribution is -2.31. The summed E-state index contributed by atoms with van der Waals surface area (Å²) >= 11 is 14.8. The minimum absolute atomic E-state index is 0.0409. The summed E-state index contributed by atoms with van der Waals surface area (Å²) < 4.78 is 6.10. The molecule has 0 fully saturated rings. The second-order valence-electron chi connectivity index (χ2n) is 8.37. The molecule has 2 aromatic carbocycles. The molecule has 1 amide bonds. The molecule has 1 aliphatic rings. The lowest BCUT2D eigenvalue weighted by molar-refractivity contribution is -0.117. The number of hydrogen-bond acceptors (Lipinski definition) is 8. The maximum Gasteiger partial charge on any atom is 0.296 e. The fraction of sp³-hybridized carbons (Fsp3) is 0.154. The summed E-state index contributed by atoms with van der Waals surface area (Å²) in [5.74, 6) is -0.830. The number of nitrogens with zero attached hydrogens (tertiary/aromatic N) is 3. The van der Waals surface area contributed by atoms with Gasteiger partial charge in [-0.1, -0.05) is 82.2 Å². The van der Waals surface area contributed by atoms with Gasteiger partial charge in [-0.2, -0.15) is 0 Å². The molecule has 1 unspecified atom stereocenters. The quantitative estimate of drug-likeness (QED) is 0.143. The number of aliphatic hydroxyl groups excluding tert-OH is 1. The van der Waals surface area contributed by atoms with Crippen molar-refractivity contribution in [2.75, 3.05) is 4.90 Å². The number of aliphatic hydroxyl groups is 1. The van der Waals surface area contributed by atoms with Crippen LogP contribution in [0.3, 0.4) is 0 Å². The van der Waals surface area contributed by atoms with Gasteiger partial charge >= 0.3 is 0 Å². The van der Waals surface area contributed by atoms with Crippen LogP contribution in [-0.4, -0.2) is 27.0 Å². The number of aromatic nitrogens is 2. The van der Waals surface area contributed by atoms with Crippen molar-refractivity contribution in [1.82, 2.24) is 10.2 Å². The van der Waals surface area contributed by atoms with Crippen molar-refractivity contribution < 1.29 is 19.1 Å². The number of rotatable bonds is 7. The maximum atomic E-state index is 13.4. The molecule has 1 aliphatic heterocycles. The molecule has 0 aliphatic carbocycles. The lowest BCUT2D eigenvalue weighted by atomic mass is 9.95. The van der Waals surface area contributed by atoms with E-state index in [1.165, 1.54) is 34.1 Å². The van der Waals surface area contributed by atoms with E-state index in [4.69, 9.17) is 27.6 Å². The van der Waals surface area contributed by atoms with Crippen molar-refractivity contribution in [2.45, 2.75) is 30.0 Å². The number of thioether (sulfide) groups is 1. The predicted molar refractivity (Wildman–Crippen MR) is 145 cm³/mol. The fourth-order valence-electron chi connectivity index (χ4n) is 3.92. The van der Waals surface area contributed by atoms with Gasteiger partial charge in [0.1, 0.15) is 5.76 Å². The first-order valence-corrected chi connectivity index (χ1v) is 13.6. The van der Waals surface area contributed by atoms with Gasteiger partial charge in [0, 0.05) is 15.8 Å². The van der Waals surface area contributed by atoms with E-state index in [-0.39, 0.29) is 16.5 Å². The van der Waals surface area contributed by atoms with Gasteiger partial charge in [0.15, 0.2) is 15.9 Å². The Kier molecular flexibility index (Phi) is 7.13. The third-order valence-electron chi connectivity index (χ3n) is 5.78. The smallest absolute Gasteiger partial charge is 0.296 e. The Balaban J connectivity index is 1.48. The first-order valence-electron chi connectivity index (χ1n) is 11.1. The highest BCUT2D eigenvalue weighted by molar-refractivity contribution is 8.00. The molecular weight excluding hydrogens is 553 g/mol. The van der Waals surface area contributed by atoms with E-state index in [9.17, 15) is 14.7 Å². The summed E-state index contributed by atoms with van der Waals surface area (Å²) in [6.07, 6.45) is 0. The van der Waals surface area contributed by atoms with Gasteiger partial charge in [0.05, 0.1) is 11.6 Å². The molecule has 7 nitrogen and oxygen atoms in total. The largest absolute Gasteiger partial charge is 0.503 e. The Morgan fingerprint density at radius 1 is 1.11 bits per heavy atom. The van der Waals surface area contributed by atoms with Gasteiger partial charge in [0.2, 0.25) is 10.9 Å². The zero-order valence-corrected chi connectivity index (χ0v) is 22.7. The Morgan fingerprint density at radius 2 is 1.86 bits per heavy atom. The summed E-state index contributed by atoms with van der Waals surface area (Å²) in [6, 6.07) is 14.9. The van der Waals surface area contributed by atoms with Crippen LogP contribution in [0.5, 0.6) is 0 Å². The molecule has 37 heavy (non-hydrogen) atoms. The van der Waals surface area contributed by atoms with E-state index in [0.29, 0.717) is 31.5 Å². The van der Waals surface area contributed by atoms with Gasteiger partial charge in [-0.05, 0) is 49.2 Å². The summed E-state index contributed by atoms with van der Waals surface area (Å²) in [5.41, 5.74) is 2.47. The van der Waals surface area contributed by atoms with Gasteiger partial charge in [0.25, 0.3) is 5.91 Å². The average Bonchev–Trinajstić information content (AvgIpc) is 3.57. The number of Topliss-reactive ketones (excluding diaryl/α,β-unsaturated/α-hetero) is 1. The van der Waals surface area contributed by atoms with E-state index >= 15 is 0 Å². The summed E-state index contributed by atoms with van der Waals surface area (Å²) in [6.45, 7) is 3.65. The Hall–Kier alpha value is -3.11. The first-order chi connectivity index (χ1) is 17.7. The lowest BCUT2D eigenvalue weighted by Gasteiger charge is -2.24. The van der Waals surface area contributed by atoms with Gasteiger partial charge in [-0.25, -0.2) is 0 Å². The molecule has 188 valence electrons. The van der Waals surface area contributed by atoms with Crippen molar-refractivity contribution in [1.29, 1.82) is 0 Å². The zero-order valence-electron chi connectivity index (χ0n) is 19.6. The normalized spacial score (nSPS) is 15.6. The number of benzene rings is 2. The number of carbonyl (C=O) groups excluding carboxylic acids is 2. The van der Waals surface area contributed by atoms with Crippen LogP contribution in [0.15, 0.2) is 74.7 Å². The van der Waals surface area contributed by atoms with E-state index in [1.807, 2.05) is 37.3 Å². The molecule has 0 bridgehead atoms. The number of anilines is 1. The number of amides is 1. The van der Waals surface area contributed by atoms with Crippen molar-refractivity contribution in [3.05, 3.63) is 104 Å². The van der Waals surface area contributed by atoms with Crippen LogP contribution >= 0.6 is 46.3 Å². The molecule has 4 aromatic rings. The number of aryl methyl sites for hydroxylation is 2. The van der Waals surface area contributed by atoms with Crippen LogP contribution < -0.4 is 4.90 Å². The third-order valence-corrected chi connectivity index (χ3v) is 8.47. The number of hydrogen-bond donors (Lipinski definition) is 1. The molecular formula is C26H19Cl2N3O4S2. The second-order valence-corrected chi connectivity index (χ2v) is 11.4. The number of carbonyl (C=O) groups is 2. The van der Waals surface area contributed by atoms with E-state index < -0.39 is 23.5 Å². The molecule has 2 aromatic heterocycles. The highest BCUT2D eigenvalue weighted by Gasteiger charge is 2.46. The van der Waals surface area contributed by atoms with Gasteiger partial charge in [-0.15, -0.1) is 10.2 Å². The summed E-state index contributed by atoms with van der Waals surface area (Å²) in [4.78, 5) is 28.0. The topological polar surface area (TPSA) is 96.5 Å². The summed E-state index contributed by atoms with van der Waals surface area (Å²) in [7, 11) is 0. The average molecular weight is 572 g/mol. The van der Waals surface area contributed by atoms with Crippen molar-refractivity contribution in [3.8, 4) is 0 Å². The van der Waals surface area contributed by atoms with Crippen LogP contribution in [-0.2, 0) is 10.5 Å². The molecule has 3 heterocycles. The van der Waals surface area contributed by atoms with Crippen LogP contribution in [0.25, 0.3) is 0 Å². The van der Waals surface area contributed by atoms with Crippen LogP contribution in [0.4, 0.5) is 5.13 Å². The Bertz CT molecular complexity index is 1550. The van der Waals surface area contributed by atoms with Crippen LogP contribution in [0.2, 0.25) is 10.0 Å². The SMILES string of the molecule is Cc1ccc(C2C(C(=O)c3ccc(C)o3)=C(O)C(=O)N2c2nnc(SCc3ccc(Cl)cc3Cl)s2)cc1. The standard InChI is InChI=1S/C26H19Cl2N3O4S2/c1-13-3-6-15(7-4-13)21-20(22(32)19-10-5-14(2)35-19)23(33)24(34)31(21)25-29-30-26(37-25)36-12-16-8-9-17(27)11-18(16)28/h3-11,21,33H,12H2,1-2H3. The molecule has 1 N–H and O–H groups in total. The fourth-order valence-corrected chi connectivity index (χ4v) is 6.35. The highest BCUT2D eigenvalue weighted by Crippen LogP contribution is 2.44. The minimum atomic E-state index is -0.900. The predicted octanol–water partition coefficient (Wildman–Crippen LogP) is 7.13. The van der Waals surface area contributed by atoms with Crippen LogP contribution in [0.1, 0.15) is 39.0 Å². The first kappa shape index (κ1) is 25.5. The van der Waals surface area contributed by atoms with Crippen molar-refractivity contribution in [3.63, 3.8) is 0 Å². The molecule has 0 spiro atoms. The molecule has 0 radical (unpaired) electrons. The maximum absolute atomic E-state index is 13.4. The Labute approximate surface area is 230 Å². The molecule has 0 saturated carbocycles. The molecule has 1 atom stereocenters. The highest BCUT2D eigenvalue weighted by atomic mass is 35.5. The summed E-state index contributed by atoms with van der Waals surface area (Å²) in [5, 5.41) is 20.7. The number of ketones is 1. The molecule has 5 rings (SSSR count). The zero-order chi connectivity index (χ0) is 26.3. The van der Waals surface area contributed by atoms with Crippen molar-refractivity contribution in [2.24, 2.45) is 0 Å². The van der Waals surface area contributed by atoms with Gasteiger partial charge in [-0.3, -0.25) is 14.5 Å². The number of furan rings is 1. The van der Waals surface area contributed by atoms with E-state index in [2.05, 4.69) is 10.2 Å². The van der Waals surface area contributed by atoms with E-state index in [0.717, 1.165) is 11.1 Å². The third kappa shape index (κ3) is 5.04. The van der Waals surface area contributed by atoms with E-state index in [1.54, 1.807) is 25.1 Å². The second kappa shape index (κ2) is 10.3. The Morgan fingerprint density at radius 3 is 2.54 bits per heavy atom. The minimum Gasteiger partial charge on any atom is -0.503 e. The monoisotopic (exact) mass is 571 g/mol. The number of halogens is 2. The van der Waals surface area contributed by atoms with Gasteiger partial charge < -0.3 is 9.52 Å². The molecule has 11 heteroatoms. The molecule has 0 saturated heterocycles.